The minimum absolute atomic E-state index is 0.497. The van der Waals surface area contributed by atoms with E-state index in [0.29, 0.717) is 13.2 Å². The lowest BCUT2D eigenvalue weighted by atomic mass is 10.1. The van der Waals surface area contributed by atoms with Crippen molar-refractivity contribution in [3.63, 3.8) is 0 Å². The van der Waals surface area contributed by atoms with Crippen LogP contribution in [-0.2, 0) is 19.6 Å². The first kappa shape index (κ1) is 22.5. The number of hydrogen-bond acceptors (Lipinski definition) is 4. The quantitative estimate of drug-likeness (QED) is 0.352. The van der Waals surface area contributed by atoms with Crippen LogP contribution < -0.4 is 19.5 Å². The second-order valence-electron chi connectivity index (χ2n) is 6.78. The van der Waals surface area contributed by atoms with Crippen LogP contribution in [0, 0.1) is 0 Å². The van der Waals surface area contributed by atoms with Crippen LogP contribution in [0.4, 0.5) is 0 Å². The van der Waals surface area contributed by atoms with Gasteiger partial charge in [-0.25, -0.2) is 0 Å². The topological polar surface area (TPSA) is 39.7 Å². The van der Waals surface area contributed by atoms with E-state index in [1.807, 2.05) is 48.5 Å². The predicted octanol–water partition coefficient (Wildman–Crippen LogP) is 6.03. The molecule has 1 N–H and O–H groups in total. The Morgan fingerprint density at radius 1 is 0.833 bits per heavy atom. The van der Waals surface area contributed by atoms with Gasteiger partial charge in [-0.05, 0) is 66.6 Å². The van der Waals surface area contributed by atoms with Crippen molar-refractivity contribution >= 4 is 27.5 Å². The molecular weight excluding hydrogens is 466 g/mol. The molecule has 0 unspecified atom stereocenters. The molecule has 4 nitrogen and oxygen atoms in total. The van der Waals surface area contributed by atoms with Gasteiger partial charge in [0.1, 0.15) is 12.4 Å². The predicted molar refractivity (Wildman–Crippen MR) is 125 cm³/mol. The molecule has 0 atom stereocenters. The first-order chi connectivity index (χ1) is 14.6. The minimum atomic E-state index is 0.497. The summed E-state index contributed by atoms with van der Waals surface area (Å²) < 4.78 is 17.8. The van der Waals surface area contributed by atoms with E-state index in [-0.39, 0.29) is 0 Å². The highest BCUT2D eigenvalue weighted by molar-refractivity contribution is 9.10. The number of rotatable bonds is 10. The summed E-state index contributed by atoms with van der Waals surface area (Å²) in [4.78, 5) is 0. The highest BCUT2D eigenvalue weighted by atomic mass is 79.9. The molecule has 0 amide bonds. The molecule has 3 rings (SSSR count). The van der Waals surface area contributed by atoms with E-state index in [1.54, 1.807) is 14.2 Å². The molecule has 3 aromatic rings. The molecule has 0 aliphatic heterocycles. The summed E-state index contributed by atoms with van der Waals surface area (Å²) in [5.74, 6) is 2.36. The Morgan fingerprint density at radius 3 is 2.27 bits per heavy atom. The van der Waals surface area contributed by atoms with Crippen molar-refractivity contribution in [3.05, 3.63) is 86.8 Å². The lowest BCUT2D eigenvalue weighted by Gasteiger charge is -2.14. The van der Waals surface area contributed by atoms with E-state index in [0.717, 1.165) is 50.8 Å². The Labute approximate surface area is 191 Å². The van der Waals surface area contributed by atoms with Crippen LogP contribution in [0.1, 0.15) is 16.7 Å². The zero-order chi connectivity index (χ0) is 21.3. The standard InChI is InChI=1S/C24H25BrClNO3/c1-28-23-9-5-17(13-24(23)29-2)11-12-27-15-19-14-20(25)6-10-22(19)30-16-18-3-7-21(26)8-4-18/h3-10,13-14,27H,11-12,15-16H2,1-2H3. The second kappa shape index (κ2) is 11.3. The fraction of sp³-hybridized carbons (Fsp3) is 0.250. The number of nitrogens with one attached hydrogen (secondary N) is 1. The number of ether oxygens (including phenoxy) is 3. The van der Waals surface area contributed by atoms with Gasteiger partial charge in [0, 0.05) is 21.6 Å². The average molecular weight is 491 g/mol. The van der Waals surface area contributed by atoms with Crippen molar-refractivity contribution in [1.82, 2.24) is 5.32 Å². The normalized spacial score (nSPS) is 10.7. The van der Waals surface area contributed by atoms with Gasteiger partial charge in [0.05, 0.1) is 14.2 Å². The van der Waals surface area contributed by atoms with Gasteiger partial charge in [-0.15, -0.1) is 0 Å². The Balaban J connectivity index is 1.56. The molecule has 0 aliphatic rings. The van der Waals surface area contributed by atoms with E-state index in [1.165, 1.54) is 5.56 Å². The minimum Gasteiger partial charge on any atom is -0.493 e. The SMILES string of the molecule is COc1ccc(CCNCc2cc(Br)ccc2OCc2ccc(Cl)cc2)cc1OC. The summed E-state index contributed by atoms with van der Waals surface area (Å²) in [5.41, 5.74) is 3.37. The first-order valence-electron chi connectivity index (χ1n) is 9.66. The summed E-state index contributed by atoms with van der Waals surface area (Å²) in [7, 11) is 3.29. The lowest BCUT2D eigenvalue weighted by Crippen LogP contribution is -2.17. The zero-order valence-corrected chi connectivity index (χ0v) is 19.4. The number of benzene rings is 3. The summed E-state index contributed by atoms with van der Waals surface area (Å²) in [6, 6.07) is 19.8. The Hall–Kier alpha value is -2.21. The second-order valence-corrected chi connectivity index (χ2v) is 8.14. The van der Waals surface area contributed by atoms with Gasteiger partial charge in [-0.2, -0.15) is 0 Å². The molecule has 6 heteroatoms. The van der Waals surface area contributed by atoms with Crippen LogP contribution in [0.15, 0.2) is 65.1 Å². The van der Waals surface area contributed by atoms with Crippen LogP contribution in [0.25, 0.3) is 0 Å². The van der Waals surface area contributed by atoms with Gasteiger partial charge in [0.15, 0.2) is 11.5 Å². The van der Waals surface area contributed by atoms with Crippen LogP contribution in [0.5, 0.6) is 17.2 Å². The van der Waals surface area contributed by atoms with Crippen LogP contribution in [-0.4, -0.2) is 20.8 Å². The van der Waals surface area contributed by atoms with Crippen molar-refractivity contribution in [1.29, 1.82) is 0 Å². The highest BCUT2D eigenvalue weighted by Crippen LogP contribution is 2.28. The summed E-state index contributed by atoms with van der Waals surface area (Å²) in [6.45, 7) is 2.04. The molecule has 0 saturated carbocycles. The van der Waals surface area contributed by atoms with Gasteiger partial charge in [-0.1, -0.05) is 45.7 Å². The molecule has 0 bridgehead atoms. The number of methoxy groups -OCH3 is 2. The van der Waals surface area contributed by atoms with E-state index in [9.17, 15) is 0 Å². The number of hydrogen-bond donors (Lipinski definition) is 1. The van der Waals surface area contributed by atoms with Gasteiger partial charge >= 0.3 is 0 Å². The Bertz CT molecular complexity index is 963. The van der Waals surface area contributed by atoms with Crippen LogP contribution in [0.2, 0.25) is 5.02 Å². The van der Waals surface area contributed by atoms with E-state index in [4.69, 9.17) is 25.8 Å². The molecule has 0 spiro atoms. The van der Waals surface area contributed by atoms with Crippen molar-refractivity contribution in [3.8, 4) is 17.2 Å². The summed E-state index contributed by atoms with van der Waals surface area (Å²) >= 11 is 9.50. The van der Waals surface area contributed by atoms with E-state index in [2.05, 4.69) is 33.4 Å². The molecule has 0 saturated heterocycles. The molecule has 158 valence electrons. The fourth-order valence-electron chi connectivity index (χ4n) is 3.06. The summed E-state index contributed by atoms with van der Waals surface area (Å²) in [5, 5.41) is 4.22. The lowest BCUT2D eigenvalue weighted by molar-refractivity contribution is 0.302. The molecule has 3 aromatic carbocycles. The maximum Gasteiger partial charge on any atom is 0.160 e. The average Bonchev–Trinajstić information content (AvgIpc) is 2.77. The first-order valence-corrected chi connectivity index (χ1v) is 10.8. The van der Waals surface area contributed by atoms with Crippen molar-refractivity contribution in [2.24, 2.45) is 0 Å². The largest absolute Gasteiger partial charge is 0.493 e. The highest BCUT2D eigenvalue weighted by Gasteiger charge is 2.07. The van der Waals surface area contributed by atoms with Crippen molar-refractivity contribution in [2.75, 3.05) is 20.8 Å². The van der Waals surface area contributed by atoms with Crippen molar-refractivity contribution < 1.29 is 14.2 Å². The number of halogens is 2. The van der Waals surface area contributed by atoms with Gasteiger partial charge in [0.25, 0.3) is 0 Å². The van der Waals surface area contributed by atoms with Crippen molar-refractivity contribution in [2.45, 2.75) is 19.6 Å². The van der Waals surface area contributed by atoms with E-state index < -0.39 is 0 Å². The Kier molecular flexibility index (Phi) is 8.43. The van der Waals surface area contributed by atoms with E-state index >= 15 is 0 Å². The van der Waals surface area contributed by atoms with Gasteiger partial charge in [0.2, 0.25) is 0 Å². The zero-order valence-electron chi connectivity index (χ0n) is 17.1. The molecular formula is C24H25BrClNO3. The van der Waals surface area contributed by atoms with Crippen LogP contribution >= 0.6 is 27.5 Å². The molecule has 30 heavy (non-hydrogen) atoms. The van der Waals surface area contributed by atoms with Crippen LogP contribution in [0.3, 0.4) is 0 Å². The molecule has 0 radical (unpaired) electrons. The smallest absolute Gasteiger partial charge is 0.160 e. The summed E-state index contributed by atoms with van der Waals surface area (Å²) in [6.07, 6.45) is 0.884. The third-order valence-corrected chi connectivity index (χ3v) is 5.43. The van der Waals surface area contributed by atoms with Gasteiger partial charge < -0.3 is 19.5 Å². The maximum absolute atomic E-state index is 6.05. The fourth-order valence-corrected chi connectivity index (χ4v) is 3.60. The van der Waals surface area contributed by atoms with Gasteiger partial charge in [-0.3, -0.25) is 0 Å². The molecule has 0 heterocycles. The molecule has 0 aliphatic carbocycles. The maximum atomic E-state index is 6.05. The Morgan fingerprint density at radius 2 is 1.53 bits per heavy atom. The molecule has 0 aromatic heterocycles. The third kappa shape index (κ3) is 6.39. The molecule has 0 fully saturated rings. The monoisotopic (exact) mass is 489 g/mol. The third-order valence-electron chi connectivity index (χ3n) is 4.68.